The number of methoxy groups -OCH3 is 1. The van der Waals surface area contributed by atoms with Crippen LogP contribution in [0.1, 0.15) is 17.0 Å². The molecule has 3 aromatic carbocycles. The highest BCUT2D eigenvalue weighted by molar-refractivity contribution is 6.13. The molecule has 0 aliphatic carbocycles. The topological polar surface area (TPSA) is 66.8 Å². The van der Waals surface area contributed by atoms with Gasteiger partial charge in [-0.2, -0.15) is 0 Å². The minimum atomic E-state index is -2.15. The van der Waals surface area contributed by atoms with Crippen LogP contribution in [-0.4, -0.2) is 24.1 Å². The van der Waals surface area contributed by atoms with Crippen molar-refractivity contribution in [3.8, 4) is 0 Å². The maximum atomic E-state index is 13.6. The Morgan fingerprint density at radius 2 is 1.50 bits per heavy atom. The predicted molar refractivity (Wildman–Crippen MR) is 105 cm³/mol. The molecule has 0 aromatic heterocycles. The van der Waals surface area contributed by atoms with Gasteiger partial charge in [-0.3, -0.25) is 9.69 Å². The number of amides is 1. The number of aliphatic hydroxyl groups is 1. The Morgan fingerprint density at radius 3 is 2.14 bits per heavy atom. The SMILES string of the molecule is COC(=O)[C@](O)(c1ccccc1)[C@@H]1C(=O)N(c2ccccc2)c2ccccc21. The monoisotopic (exact) mass is 373 g/mol. The van der Waals surface area contributed by atoms with Crippen molar-refractivity contribution in [3.63, 3.8) is 0 Å². The Kier molecular flexibility index (Phi) is 4.45. The van der Waals surface area contributed by atoms with E-state index in [1.807, 2.05) is 42.5 Å². The number of ether oxygens (including phenoxy) is 1. The normalized spacial score (nSPS) is 17.7. The lowest BCUT2D eigenvalue weighted by Crippen LogP contribution is -2.46. The smallest absolute Gasteiger partial charge is 0.343 e. The fourth-order valence-electron chi connectivity index (χ4n) is 3.81. The minimum absolute atomic E-state index is 0.310. The lowest BCUT2D eigenvalue weighted by molar-refractivity contribution is -0.168. The van der Waals surface area contributed by atoms with Gasteiger partial charge < -0.3 is 9.84 Å². The van der Waals surface area contributed by atoms with Crippen molar-refractivity contribution in [2.24, 2.45) is 0 Å². The minimum Gasteiger partial charge on any atom is -0.467 e. The van der Waals surface area contributed by atoms with Gasteiger partial charge in [0, 0.05) is 5.69 Å². The Bertz CT molecular complexity index is 1020. The van der Waals surface area contributed by atoms with Crippen molar-refractivity contribution < 1.29 is 19.4 Å². The number of nitrogens with zero attached hydrogens (tertiary/aromatic N) is 1. The third-order valence-corrected chi connectivity index (χ3v) is 5.10. The molecule has 1 N–H and O–H groups in total. The first kappa shape index (κ1) is 17.9. The van der Waals surface area contributed by atoms with Gasteiger partial charge in [-0.05, 0) is 29.3 Å². The summed E-state index contributed by atoms with van der Waals surface area (Å²) in [5.41, 5.74) is 0.0508. The number of rotatable bonds is 4. The van der Waals surface area contributed by atoms with E-state index in [1.54, 1.807) is 42.5 Å². The van der Waals surface area contributed by atoms with Crippen molar-refractivity contribution in [1.29, 1.82) is 0 Å². The summed E-state index contributed by atoms with van der Waals surface area (Å²) in [4.78, 5) is 27.9. The summed E-state index contributed by atoms with van der Waals surface area (Å²) in [6.45, 7) is 0. The molecule has 140 valence electrons. The number of benzene rings is 3. The molecule has 2 atom stereocenters. The number of carbonyl (C=O) groups is 2. The van der Waals surface area contributed by atoms with Crippen molar-refractivity contribution in [1.82, 2.24) is 0 Å². The highest BCUT2D eigenvalue weighted by atomic mass is 16.5. The number of anilines is 2. The molecule has 3 aromatic rings. The number of fused-ring (bicyclic) bond motifs is 1. The molecular formula is C23H19NO4. The summed E-state index contributed by atoms with van der Waals surface area (Å²) in [6, 6.07) is 24.8. The Balaban J connectivity index is 1.93. The molecule has 5 nitrogen and oxygen atoms in total. The van der Waals surface area contributed by atoms with Crippen LogP contribution in [-0.2, 0) is 19.9 Å². The summed E-state index contributed by atoms with van der Waals surface area (Å²) in [5, 5.41) is 11.6. The molecule has 0 saturated carbocycles. The van der Waals surface area contributed by atoms with Crippen LogP contribution in [0.5, 0.6) is 0 Å². The largest absolute Gasteiger partial charge is 0.467 e. The lowest BCUT2D eigenvalue weighted by atomic mass is 9.78. The predicted octanol–water partition coefficient (Wildman–Crippen LogP) is 3.51. The van der Waals surface area contributed by atoms with Gasteiger partial charge in [-0.15, -0.1) is 0 Å². The van der Waals surface area contributed by atoms with Gasteiger partial charge in [-0.1, -0.05) is 66.7 Å². The van der Waals surface area contributed by atoms with Crippen LogP contribution in [0, 0.1) is 0 Å². The van der Waals surface area contributed by atoms with Crippen LogP contribution in [0.25, 0.3) is 0 Å². The molecule has 1 amide bonds. The molecule has 1 aliphatic rings. The van der Waals surface area contributed by atoms with Crippen molar-refractivity contribution >= 4 is 23.3 Å². The van der Waals surface area contributed by atoms with E-state index >= 15 is 0 Å². The van der Waals surface area contributed by atoms with Gasteiger partial charge in [0.05, 0.1) is 12.8 Å². The molecule has 0 bridgehead atoms. The van der Waals surface area contributed by atoms with Gasteiger partial charge in [0.15, 0.2) is 0 Å². The second-order valence-corrected chi connectivity index (χ2v) is 6.63. The standard InChI is InChI=1S/C23H19NO4/c1-28-22(26)23(27,16-10-4-2-5-11-16)20-18-14-8-9-15-19(18)24(21(20)25)17-12-6-3-7-13-17/h2-15,20,27H,1H3/t20-,23-/m0/s1. The molecule has 1 heterocycles. The number of hydrogen-bond acceptors (Lipinski definition) is 4. The zero-order valence-corrected chi connectivity index (χ0v) is 15.3. The molecule has 4 rings (SSSR count). The van der Waals surface area contributed by atoms with Crippen LogP contribution >= 0.6 is 0 Å². The van der Waals surface area contributed by atoms with E-state index in [0.29, 0.717) is 22.5 Å². The first-order valence-corrected chi connectivity index (χ1v) is 8.93. The molecule has 28 heavy (non-hydrogen) atoms. The molecule has 0 unspecified atom stereocenters. The quantitative estimate of drug-likeness (QED) is 0.711. The van der Waals surface area contributed by atoms with Crippen LogP contribution in [0.2, 0.25) is 0 Å². The highest BCUT2D eigenvalue weighted by Gasteiger charge is 2.56. The summed E-state index contributed by atoms with van der Waals surface area (Å²) in [6.07, 6.45) is 0. The van der Waals surface area contributed by atoms with Crippen molar-refractivity contribution in [3.05, 3.63) is 96.1 Å². The van der Waals surface area contributed by atoms with Gasteiger partial charge in [-0.25, -0.2) is 4.79 Å². The number of para-hydroxylation sites is 2. The third kappa shape index (κ3) is 2.60. The van der Waals surface area contributed by atoms with E-state index < -0.39 is 17.5 Å². The maximum absolute atomic E-state index is 13.6. The molecule has 0 spiro atoms. The maximum Gasteiger partial charge on any atom is 0.343 e. The van der Waals surface area contributed by atoms with Crippen LogP contribution in [0.4, 0.5) is 11.4 Å². The van der Waals surface area contributed by atoms with Crippen LogP contribution in [0.3, 0.4) is 0 Å². The van der Waals surface area contributed by atoms with E-state index in [4.69, 9.17) is 4.74 Å². The fraction of sp³-hybridized carbons (Fsp3) is 0.130. The van der Waals surface area contributed by atoms with E-state index in [-0.39, 0.29) is 5.91 Å². The molecule has 0 saturated heterocycles. The lowest BCUT2D eigenvalue weighted by Gasteiger charge is -2.31. The fourth-order valence-corrected chi connectivity index (χ4v) is 3.81. The summed E-state index contributed by atoms with van der Waals surface area (Å²) in [5.74, 6) is -2.38. The molecule has 5 heteroatoms. The van der Waals surface area contributed by atoms with E-state index in [1.165, 1.54) is 12.0 Å². The first-order chi connectivity index (χ1) is 13.6. The molecule has 0 radical (unpaired) electrons. The average molecular weight is 373 g/mol. The highest BCUT2D eigenvalue weighted by Crippen LogP contribution is 2.50. The first-order valence-electron chi connectivity index (χ1n) is 8.93. The molecule has 0 fully saturated rings. The summed E-state index contributed by atoms with van der Waals surface area (Å²) < 4.78 is 4.93. The Morgan fingerprint density at radius 1 is 0.929 bits per heavy atom. The third-order valence-electron chi connectivity index (χ3n) is 5.10. The van der Waals surface area contributed by atoms with E-state index in [9.17, 15) is 14.7 Å². The second-order valence-electron chi connectivity index (χ2n) is 6.63. The number of carbonyl (C=O) groups excluding carboxylic acids is 2. The van der Waals surface area contributed by atoms with Gasteiger partial charge in [0.1, 0.15) is 5.92 Å². The van der Waals surface area contributed by atoms with Crippen LogP contribution in [0.15, 0.2) is 84.9 Å². The molecule has 1 aliphatic heterocycles. The van der Waals surface area contributed by atoms with Gasteiger partial charge >= 0.3 is 5.97 Å². The van der Waals surface area contributed by atoms with Crippen molar-refractivity contribution in [2.45, 2.75) is 11.5 Å². The van der Waals surface area contributed by atoms with Crippen LogP contribution < -0.4 is 4.90 Å². The molecular weight excluding hydrogens is 354 g/mol. The Hall–Kier alpha value is -3.44. The van der Waals surface area contributed by atoms with Gasteiger partial charge in [0.2, 0.25) is 11.5 Å². The average Bonchev–Trinajstić information content (AvgIpc) is 3.06. The summed E-state index contributed by atoms with van der Waals surface area (Å²) >= 11 is 0. The van der Waals surface area contributed by atoms with Gasteiger partial charge in [0.25, 0.3) is 0 Å². The zero-order chi connectivity index (χ0) is 19.7. The number of esters is 1. The number of hydrogen-bond donors (Lipinski definition) is 1. The van der Waals surface area contributed by atoms with E-state index in [2.05, 4.69) is 0 Å². The zero-order valence-electron chi connectivity index (χ0n) is 15.3. The summed E-state index contributed by atoms with van der Waals surface area (Å²) in [7, 11) is 1.20. The Labute approximate surface area is 162 Å². The van der Waals surface area contributed by atoms with E-state index in [0.717, 1.165) is 0 Å². The second kappa shape index (κ2) is 6.94. The van der Waals surface area contributed by atoms with Crippen molar-refractivity contribution in [2.75, 3.05) is 12.0 Å².